The maximum atomic E-state index is 11.0. The number of ketones is 1. The molecule has 0 aromatic rings. The zero-order valence-electron chi connectivity index (χ0n) is 9.47. The molecule has 0 aromatic carbocycles. The Kier molecular flexibility index (Phi) is 6.87. The fraction of sp³-hybridized carbons (Fsp3) is 0.909. The van der Waals surface area contributed by atoms with E-state index in [-0.39, 0.29) is 0 Å². The van der Waals surface area contributed by atoms with E-state index in [1.165, 1.54) is 0 Å². The molecular formula is C11H23NO. The van der Waals surface area contributed by atoms with Gasteiger partial charge in [-0.05, 0) is 39.4 Å². The molecule has 1 fully saturated rings. The number of hydrogen-bond donors (Lipinski definition) is 0. The van der Waals surface area contributed by atoms with Crippen LogP contribution >= 0.6 is 0 Å². The lowest BCUT2D eigenvalue weighted by atomic mass is 9.93. The second-order valence-corrected chi connectivity index (χ2v) is 3.32. The molecule has 1 aliphatic rings. The van der Waals surface area contributed by atoms with Gasteiger partial charge in [0.25, 0.3) is 0 Å². The van der Waals surface area contributed by atoms with Crippen LogP contribution in [0.15, 0.2) is 0 Å². The Labute approximate surface area is 82.3 Å². The van der Waals surface area contributed by atoms with Gasteiger partial charge in [0, 0.05) is 5.92 Å². The molecule has 0 bridgehead atoms. The van der Waals surface area contributed by atoms with E-state index in [1.807, 2.05) is 13.8 Å². The van der Waals surface area contributed by atoms with Crippen LogP contribution in [0.3, 0.4) is 0 Å². The highest BCUT2D eigenvalue weighted by Crippen LogP contribution is 2.17. The molecule has 1 saturated heterocycles. The summed E-state index contributed by atoms with van der Waals surface area (Å²) in [6.07, 6.45) is 2.15. The van der Waals surface area contributed by atoms with Gasteiger partial charge in [-0.2, -0.15) is 0 Å². The van der Waals surface area contributed by atoms with Gasteiger partial charge in [-0.25, -0.2) is 0 Å². The smallest absolute Gasteiger partial charge is 0.133 e. The summed E-state index contributed by atoms with van der Waals surface area (Å²) < 4.78 is 0. The van der Waals surface area contributed by atoms with Crippen molar-refractivity contribution in [1.29, 1.82) is 0 Å². The summed E-state index contributed by atoms with van der Waals surface area (Å²) in [4.78, 5) is 13.4. The topological polar surface area (TPSA) is 20.3 Å². The lowest BCUT2D eigenvalue weighted by Crippen LogP contribution is -2.35. The molecule has 0 atom stereocenters. The number of likely N-dealkylation sites (tertiary alicyclic amines) is 1. The molecule has 1 aliphatic heterocycles. The first-order valence-electron chi connectivity index (χ1n) is 5.47. The van der Waals surface area contributed by atoms with Crippen molar-refractivity contribution >= 4 is 5.78 Å². The van der Waals surface area contributed by atoms with Crippen LogP contribution < -0.4 is 0 Å². The highest BCUT2D eigenvalue weighted by atomic mass is 16.1. The molecule has 0 aliphatic carbocycles. The molecule has 0 aromatic heterocycles. The molecule has 0 spiro atoms. The Morgan fingerprint density at radius 1 is 1.31 bits per heavy atom. The number of piperidine rings is 1. The van der Waals surface area contributed by atoms with Gasteiger partial charge in [-0.3, -0.25) is 4.79 Å². The molecule has 13 heavy (non-hydrogen) atoms. The molecule has 2 heteroatoms. The van der Waals surface area contributed by atoms with Crippen LogP contribution in [0.5, 0.6) is 0 Å². The number of hydrogen-bond acceptors (Lipinski definition) is 2. The lowest BCUT2D eigenvalue weighted by molar-refractivity contribution is -0.122. The van der Waals surface area contributed by atoms with Crippen molar-refractivity contribution < 1.29 is 4.79 Å². The quantitative estimate of drug-likeness (QED) is 0.658. The summed E-state index contributed by atoms with van der Waals surface area (Å²) >= 11 is 0. The summed E-state index contributed by atoms with van der Waals surface area (Å²) in [5.41, 5.74) is 0. The first kappa shape index (κ1) is 12.6. The zero-order valence-corrected chi connectivity index (χ0v) is 9.47. The van der Waals surface area contributed by atoms with Crippen LogP contribution in [0.25, 0.3) is 0 Å². The van der Waals surface area contributed by atoms with Gasteiger partial charge in [0.15, 0.2) is 0 Å². The Balaban J connectivity index is 0.000000671. The van der Waals surface area contributed by atoms with E-state index in [1.54, 1.807) is 6.92 Å². The van der Waals surface area contributed by atoms with Crippen molar-refractivity contribution in [2.45, 2.75) is 40.5 Å². The van der Waals surface area contributed by atoms with Crippen LogP contribution in [0, 0.1) is 5.92 Å². The van der Waals surface area contributed by atoms with Gasteiger partial charge in [-0.15, -0.1) is 0 Å². The first-order chi connectivity index (χ1) is 6.24. The third kappa shape index (κ3) is 4.41. The minimum atomic E-state index is 0.359. The van der Waals surface area contributed by atoms with Gasteiger partial charge in [-0.1, -0.05) is 20.8 Å². The molecule has 0 unspecified atom stereocenters. The first-order valence-corrected chi connectivity index (χ1v) is 5.47. The molecule has 1 heterocycles. The Morgan fingerprint density at radius 2 is 1.77 bits per heavy atom. The summed E-state index contributed by atoms with van der Waals surface area (Å²) in [5, 5.41) is 0. The highest BCUT2D eigenvalue weighted by Gasteiger charge is 2.20. The fourth-order valence-corrected chi connectivity index (χ4v) is 1.66. The van der Waals surface area contributed by atoms with Crippen LogP contribution in [0.4, 0.5) is 0 Å². The fourth-order valence-electron chi connectivity index (χ4n) is 1.66. The van der Waals surface area contributed by atoms with Gasteiger partial charge in [0.2, 0.25) is 0 Å². The van der Waals surface area contributed by atoms with Crippen molar-refractivity contribution in [1.82, 2.24) is 4.90 Å². The van der Waals surface area contributed by atoms with Crippen LogP contribution in [0.2, 0.25) is 0 Å². The Morgan fingerprint density at radius 3 is 2.08 bits per heavy atom. The average molecular weight is 185 g/mol. The van der Waals surface area contributed by atoms with Crippen molar-refractivity contribution in [3.05, 3.63) is 0 Å². The molecule has 0 amide bonds. The van der Waals surface area contributed by atoms with E-state index in [0.717, 1.165) is 32.5 Å². The maximum absolute atomic E-state index is 11.0. The van der Waals surface area contributed by atoms with Crippen LogP contribution in [0.1, 0.15) is 40.5 Å². The van der Waals surface area contributed by atoms with E-state index in [2.05, 4.69) is 11.8 Å². The van der Waals surface area contributed by atoms with Crippen molar-refractivity contribution in [3.63, 3.8) is 0 Å². The predicted molar refractivity (Wildman–Crippen MR) is 56.9 cm³/mol. The minimum absolute atomic E-state index is 0.359. The number of rotatable bonds is 2. The Bertz CT molecular complexity index is 137. The Hall–Kier alpha value is -0.370. The molecule has 0 radical (unpaired) electrons. The van der Waals surface area contributed by atoms with E-state index in [4.69, 9.17) is 0 Å². The highest BCUT2D eigenvalue weighted by molar-refractivity contribution is 5.78. The summed E-state index contributed by atoms with van der Waals surface area (Å²) in [5.74, 6) is 0.735. The van der Waals surface area contributed by atoms with E-state index >= 15 is 0 Å². The van der Waals surface area contributed by atoms with Crippen molar-refractivity contribution in [3.8, 4) is 0 Å². The van der Waals surface area contributed by atoms with E-state index < -0.39 is 0 Å². The molecule has 0 saturated carbocycles. The van der Waals surface area contributed by atoms with Crippen LogP contribution in [-0.4, -0.2) is 30.3 Å². The summed E-state index contributed by atoms with van der Waals surface area (Å²) in [6.45, 7) is 11.2. The predicted octanol–water partition coefficient (Wildman–Crippen LogP) is 2.33. The maximum Gasteiger partial charge on any atom is 0.133 e. The third-order valence-corrected chi connectivity index (χ3v) is 2.61. The van der Waals surface area contributed by atoms with E-state index in [9.17, 15) is 4.79 Å². The van der Waals surface area contributed by atoms with Crippen LogP contribution in [-0.2, 0) is 4.79 Å². The normalized spacial score (nSPS) is 19.1. The van der Waals surface area contributed by atoms with Gasteiger partial charge < -0.3 is 4.90 Å². The van der Waals surface area contributed by atoms with Gasteiger partial charge in [0.05, 0.1) is 0 Å². The average Bonchev–Trinajstić information content (AvgIpc) is 2.21. The zero-order chi connectivity index (χ0) is 10.3. The van der Waals surface area contributed by atoms with Gasteiger partial charge >= 0.3 is 0 Å². The lowest BCUT2D eigenvalue weighted by Gasteiger charge is -2.29. The number of carbonyl (C=O) groups is 1. The van der Waals surface area contributed by atoms with Gasteiger partial charge in [0.1, 0.15) is 5.78 Å². The SMILES string of the molecule is CC.CCN1CCC(C(C)=O)CC1. The summed E-state index contributed by atoms with van der Waals surface area (Å²) in [7, 11) is 0. The number of nitrogens with zero attached hydrogens (tertiary/aromatic N) is 1. The molecule has 0 N–H and O–H groups in total. The molecule has 78 valence electrons. The standard InChI is InChI=1S/C9H17NO.C2H6/c1-3-10-6-4-9(5-7-10)8(2)11;1-2/h9H,3-7H2,1-2H3;1-2H3. The second kappa shape index (κ2) is 7.07. The number of carbonyl (C=O) groups excluding carboxylic acids is 1. The molecule has 1 rings (SSSR count). The largest absolute Gasteiger partial charge is 0.304 e. The van der Waals surface area contributed by atoms with Crippen molar-refractivity contribution in [2.24, 2.45) is 5.92 Å². The summed E-state index contributed by atoms with van der Waals surface area (Å²) in [6, 6.07) is 0. The number of Topliss-reactive ketones (excluding diaryl/α,β-unsaturated/α-hetero) is 1. The molecule has 2 nitrogen and oxygen atoms in total. The van der Waals surface area contributed by atoms with Crippen molar-refractivity contribution in [2.75, 3.05) is 19.6 Å². The monoisotopic (exact) mass is 185 g/mol. The molecular weight excluding hydrogens is 162 g/mol. The second-order valence-electron chi connectivity index (χ2n) is 3.32. The minimum Gasteiger partial charge on any atom is -0.304 e. The third-order valence-electron chi connectivity index (χ3n) is 2.61. The van der Waals surface area contributed by atoms with E-state index in [0.29, 0.717) is 11.7 Å².